The minimum atomic E-state index is -2.17. The van der Waals surface area contributed by atoms with Crippen molar-refractivity contribution in [3.8, 4) is 12.3 Å². The maximum atomic E-state index is 10.3. The van der Waals surface area contributed by atoms with E-state index in [1.165, 1.54) is 5.56 Å². The van der Waals surface area contributed by atoms with E-state index in [0.29, 0.717) is 0 Å². The van der Waals surface area contributed by atoms with E-state index in [1.54, 1.807) is 0 Å². The largest absolute Gasteiger partial charge is 0.432 e. The van der Waals surface area contributed by atoms with Crippen molar-refractivity contribution in [3.63, 3.8) is 0 Å². The Bertz CT molecular complexity index is 423. The molecule has 0 radical (unpaired) electrons. The molecular formula is C17H26OSi. The number of hydrogen-bond acceptors (Lipinski definition) is 1. The summed E-state index contributed by atoms with van der Waals surface area (Å²) in [6.45, 7) is 8.29. The average Bonchev–Trinajstić information content (AvgIpc) is 2.34. The van der Waals surface area contributed by atoms with Crippen LogP contribution in [-0.2, 0) is 6.42 Å². The van der Waals surface area contributed by atoms with Crippen LogP contribution < -0.4 is 0 Å². The van der Waals surface area contributed by atoms with E-state index in [2.05, 4.69) is 44.0 Å². The van der Waals surface area contributed by atoms with Crippen LogP contribution in [0.1, 0.15) is 32.3 Å². The average molecular weight is 274 g/mol. The molecule has 0 fully saturated rings. The van der Waals surface area contributed by atoms with E-state index in [-0.39, 0.29) is 11.0 Å². The molecule has 1 atom stereocenters. The van der Waals surface area contributed by atoms with Gasteiger partial charge in [0.25, 0.3) is 0 Å². The lowest BCUT2D eigenvalue weighted by atomic mass is 9.91. The van der Waals surface area contributed by atoms with E-state index < -0.39 is 8.32 Å². The summed E-state index contributed by atoms with van der Waals surface area (Å²) in [7, 11) is -2.17. The Morgan fingerprint density at radius 1 is 1.26 bits per heavy atom. The molecule has 104 valence electrons. The predicted molar refractivity (Wildman–Crippen MR) is 85.4 cm³/mol. The highest BCUT2D eigenvalue weighted by Gasteiger charge is 2.39. The monoisotopic (exact) mass is 274 g/mol. The third kappa shape index (κ3) is 4.85. The van der Waals surface area contributed by atoms with Gasteiger partial charge in [-0.15, -0.1) is 12.3 Å². The van der Waals surface area contributed by atoms with Crippen LogP contribution in [-0.4, -0.2) is 13.1 Å². The van der Waals surface area contributed by atoms with Crippen molar-refractivity contribution in [2.75, 3.05) is 0 Å². The SMILES string of the molecule is C#C[C@H](CCc1ccccc1)CC(C)(C)[Si](C)(C)O. The third-order valence-corrected chi connectivity index (χ3v) is 7.79. The number of hydrogen-bond donors (Lipinski definition) is 1. The summed E-state index contributed by atoms with van der Waals surface area (Å²) in [5, 5.41) is -0.0409. The minimum Gasteiger partial charge on any atom is -0.432 e. The van der Waals surface area contributed by atoms with Crippen molar-refractivity contribution >= 4 is 8.32 Å². The zero-order valence-corrected chi connectivity index (χ0v) is 13.6. The van der Waals surface area contributed by atoms with Crippen LogP contribution in [0.25, 0.3) is 0 Å². The van der Waals surface area contributed by atoms with E-state index in [0.717, 1.165) is 19.3 Å². The van der Waals surface area contributed by atoms with Crippen LogP contribution in [0.15, 0.2) is 30.3 Å². The lowest BCUT2D eigenvalue weighted by molar-refractivity contribution is 0.405. The molecule has 0 aliphatic carbocycles. The fourth-order valence-electron chi connectivity index (χ4n) is 2.10. The molecule has 19 heavy (non-hydrogen) atoms. The number of aryl methyl sites for hydroxylation is 1. The number of benzene rings is 1. The van der Waals surface area contributed by atoms with E-state index in [9.17, 15) is 4.80 Å². The first-order chi connectivity index (χ1) is 8.76. The van der Waals surface area contributed by atoms with Gasteiger partial charge in [0.1, 0.15) is 0 Å². The predicted octanol–water partition coefficient (Wildman–Crippen LogP) is 4.24. The van der Waals surface area contributed by atoms with Crippen molar-refractivity contribution in [2.45, 2.75) is 51.2 Å². The highest BCUT2D eigenvalue weighted by molar-refractivity contribution is 6.72. The van der Waals surface area contributed by atoms with Gasteiger partial charge >= 0.3 is 0 Å². The lowest BCUT2D eigenvalue weighted by Crippen LogP contribution is -2.40. The molecule has 1 aromatic carbocycles. The molecular weight excluding hydrogens is 248 g/mol. The normalized spacial score (nSPS) is 13.9. The van der Waals surface area contributed by atoms with E-state index in [4.69, 9.17) is 6.42 Å². The Kier molecular flexibility index (Phi) is 5.40. The molecule has 0 amide bonds. The molecule has 0 aliphatic rings. The van der Waals surface area contributed by atoms with E-state index >= 15 is 0 Å². The van der Waals surface area contributed by atoms with Gasteiger partial charge in [-0.05, 0) is 43.0 Å². The van der Waals surface area contributed by atoms with Crippen LogP contribution in [0.2, 0.25) is 18.1 Å². The fraction of sp³-hybridized carbons (Fsp3) is 0.529. The summed E-state index contributed by atoms with van der Waals surface area (Å²) in [4.78, 5) is 10.3. The van der Waals surface area contributed by atoms with Gasteiger partial charge in [0.15, 0.2) is 8.32 Å². The summed E-state index contributed by atoms with van der Waals surface area (Å²) in [5.74, 6) is 3.16. The first kappa shape index (κ1) is 16.0. The molecule has 1 rings (SSSR count). The van der Waals surface area contributed by atoms with Crippen molar-refractivity contribution in [1.82, 2.24) is 0 Å². The molecule has 0 unspecified atom stereocenters. The summed E-state index contributed by atoms with van der Waals surface area (Å²) in [6.07, 6.45) is 8.59. The molecule has 0 saturated carbocycles. The van der Waals surface area contributed by atoms with Crippen LogP contribution in [0.3, 0.4) is 0 Å². The van der Waals surface area contributed by atoms with Gasteiger partial charge in [-0.1, -0.05) is 44.2 Å². The maximum absolute atomic E-state index is 10.3. The first-order valence-electron chi connectivity index (χ1n) is 6.99. The standard InChI is InChI=1S/C17H26OSi/c1-6-15(14-17(2,3)19(4,5)18)12-13-16-10-8-7-9-11-16/h1,7-11,15,18H,12-14H2,2-5H3/t15-/m1/s1. The summed E-state index contributed by atoms with van der Waals surface area (Å²) in [5.41, 5.74) is 1.33. The van der Waals surface area contributed by atoms with Crippen LogP contribution in [0.5, 0.6) is 0 Å². The van der Waals surface area contributed by atoms with Crippen molar-refractivity contribution in [1.29, 1.82) is 0 Å². The highest BCUT2D eigenvalue weighted by Crippen LogP contribution is 2.42. The van der Waals surface area contributed by atoms with E-state index in [1.807, 2.05) is 19.2 Å². The maximum Gasteiger partial charge on any atom is 0.188 e. The van der Waals surface area contributed by atoms with Gasteiger partial charge in [0.2, 0.25) is 0 Å². The molecule has 1 nitrogen and oxygen atoms in total. The summed E-state index contributed by atoms with van der Waals surface area (Å²) >= 11 is 0. The van der Waals surface area contributed by atoms with Crippen molar-refractivity contribution in [2.24, 2.45) is 5.92 Å². The Hall–Kier alpha value is -1.04. The van der Waals surface area contributed by atoms with Gasteiger partial charge in [-0.3, -0.25) is 0 Å². The minimum absolute atomic E-state index is 0.0409. The topological polar surface area (TPSA) is 20.2 Å². The quantitative estimate of drug-likeness (QED) is 0.608. The van der Waals surface area contributed by atoms with Gasteiger partial charge in [0.05, 0.1) is 0 Å². The number of terminal acetylenes is 1. The molecule has 0 spiro atoms. The second kappa shape index (κ2) is 6.41. The summed E-state index contributed by atoms with van der Waals surface area (Å²) in [6, 6.07) is 10.4. The van der Waals surface area contributed by atoms with Crippen LogP contribution >= 0.6 is 0 Å². The highest BCUT2D eigenvalue weighted by atomic mass is 28.4. The smallest absolute Gasteiger partial charge is 0.188 e. The van der Waals surface area contributed by atoms with Crippen molar-refractivity contribution in [3.05, 3.63) is 35.9 Å². The molecule has 0 bridgehead atoms. The van der Waals surface area contributed by atoms with Gasteiger partial charge in [-0.2, -0.15) is 0 Å². The summed E-state index contributed by atoms with van der Waals surface area (Å²) < 4.78 is 0. The van der Waals surface area contributed by atoms with Gasteiger partial charge < -0.3 is 4.80 Å². The third-order valence-electron chi connectivity index (χ3n) is 4.27. The molecule has 0 aliphatic heterocycles. The van der Waals surface area contributed by atoms with Crippen LogP contribution in [0, 0.1) is 18.3 Å². The molecule has 0 aromatic heterocycles. The lowest BCUT2D eigenvalue weighted by Gasteiger charge is -2.36. The fourth-order valence-corrected chi connectivity index (χ4v) is 2.84. The van der Waals surface area contributed by atoms with Crippen molar-refractivity contribution < 1.29 is 4.80 Å². The van der Waals surface area contributed by atoms with Crippen LogP contribution in [0.4, 0.5) is 0 Å². The van der Waals surface area contributed by atoms with Gasteiger partial charge in [-0.25, -0.2) is 0 Å². The zero-order chi connectivity index (χ0) is 14.5. The number of rotatable bonds is 6. The van der Waals surface area contributed by atoms with Gasteiger partial charge in [0, 0.05) is 5.92 Å². The zero-order valence-electron chi connectivity index (χ0n) is 12.6. The Labute approximate surface area is 119 Å². The molecule has 2 heteroatoms. The molecule has 1 N–H and O–H groups in total. The first-order valence-corrected chi connectivity index (χ1v) is 9.93. The Balaban J connectivity index is 2.59. The Morgan fingerprint density at radius 2 is 1.84 bits per heavy atom. The molecule has 0 heterocycles. The molecule has 1 aromatic rings. The second-order valence-electron chi connectivity index (χ2n) is 6.53. The molecule has 0 saturated heterocycles. The Morgan fingerprint density at radius 3 is 2.32 bits per heavy atom. The second-order valence-corrected chi connectivity index (χ2v) is 11.0.